The number of aliphatic carboxylic acids is 1. The second-order valence-electron chi connectivity index (χ2n) is 11.5. The molecule has 2 aliphatic heterocycles. The summed E-state index contributed by atoms with van der Waals surface area (Å²) in [7, 11) is 0. The third-order valence-electron chi connectivity index (χ3n) is 9.08. The number of amides is 2. The molecule has 0 radical (unpaired) electrons. The highest BCUT2D eigenvalue weighted by Gasteiger charge is 2.56. The Balaban J connectivity index is 1.33. The van der Waals surface area contributed by atoms with Crippen molar-refractivity contribution in [1.82, 2.24) is 4.90 Å². The van der Waals surface area contributed by atoms with Crippen LogP contribution in [0.15, 0.2) is 64.5 Å². The highest BCUT2D eigenvalue weighted by Crippen LogP contribution is 2.54. The van der Waals surface area contributed by atoms with E-state index in [1.54, 1.807) is 25.3 Å². The van der Waals surface area contributed by atoms with Gasteiger partial charge in [-0.15, -0.1) is 0 Å². The fourth-order valence-corrected chi connectivity index (χ4v) is 7.18. The van der Waals surface area contributed by atoms with Gasteiger partial charge < -0.3 is 14.9 Å². The van der Waals surface area contributed by atoms with Crippen LogP contribution in [-0.2, 0) is 30.4 Å². The lowest BCUT2D eigenvalue weighted by molar-refractivity contribution is -0.141. The minimum atomic E-state index is -0.872. The van der Waals surface area contributed by atoms with Crippen LogP contribution in [0.4, 0.5) is 0 Å². The number of likely N-dealkylation sites (tertiary alicyclic amines) is 1. The van der Waals surface area contributed by atoms with Crippen LogP contribution in [0.25, 0.3) is 0 Å². The summed E-state index contributed by atoms with van der Waals surface area (Å²) < 4.78 is 5.91. The number of fused-ring (bicyclic) bond motifs is 4. The molecule has 2 amide bonds. The van der Waals surface area contributed by atoms with E-state index in [1.165, 1.54) is 17.0 Å². The summed E-state index contributed by atoms with van der Waals surface area (Å²) in [5.41, 5.74) is 3.55. The van der Waals surface area contributed by atoms with Crippen LogP contribution in [0.5, 0.6) is 11.5 Å². The predicted molar refractivity (Wildman–Crippen MR) is 145 cm³/mol. The SMILES string of the molecule is CC1=CC(=O)C2=C(C1=O)C(C1=COc3ccc(O)cc3C1)C1=CCC3C(=O)N(CCCCCC(=O)O)C(=O)C3C1C2. The lowest BCUT2D eigenvalue weighted by atomic mass is 9.58. The highest BCUT2D eigenvalue weighted by molar-refractivity contribution is 6.23. The quantitative estimate of drug-likeness (QED) is 0.223. The molecule has 0 bridgehead atoms. The van der Waals surface area contributed by atoms with Gasteiger partial charge in [-0.2, -0.15) is 0 Å². The number of carboxylic acid groups (broad SMARTS) is 1. The fourth-order valence-electron chi connectivity index (χ4n) is 7.18. The maximum absolute atomic E-state index is 13.8. The number of imide groups is 1. The van der Waals surface area contributed by atoms with Gasteiger partial charge in [0, 0.05) is 47.6 Å². The molecule has 2 N–H and O–H groups in total. The molecule has 0 aromatic heterocycles. The zero-order valence-electron chi connectivity index (χ0n) is 22.7. The summed E-state index contributed by atoms with van der Waals surface area (Å²) in [5.74, 6) is -3.26. The minimum absolute atomic E-state index is 0.0473. The number of allylic oxidation sites excluding steroid dienone is 7. The van der Waals surface area contributed by atoms with Crippen molar-refractivity contribution < 1.29 is 38.9 Å². The molecule has 0 spiro atoms. The first-order valence-electron chi connectivity index (χ1n) is 14.1. The Morgan fingerprint density at radius 3 is 2.66 bits per heavy atom. The van der Waals surface area contributed by atoms with E-state index in [0.717, 1.165) is 16.7 Å². The smallest absolute Gasteiger partial charge is 0.303 e. The van der Waals surface area contributed by atoms with Gasteiger partial charge in [0.1, 0.15) is 11.5 Å². The molecule has 212 valence electrons. The van der Waals surface area contributed by atoms with E-state index in [1.807, 2.05) is 6.08 Å². The lowest BCUT2D eigenvalue weighted by Gasteiger charge is -2.43. The third kappa shape index (κ3) is 4.53. The van der Waals surface area contributed by atoms with Crippen molar-refractivity contribution >= 4 is 29.4 Å². The van der Waals surface area contributed by atoms with Crippen LogP contribution < -0.4 is 4.74 Å². The van der Waals surface area contributed by atoms with Crippen LogP contribution in [0.1, 0.15) is 51.0 Å². The number of nitrogens with zero attached hydrogens (tertiary/aromatic N) is 1. The Hall–Kier alpha value is -4.27. The molecule has 4 unspecified atom stereocenters. The fraction of sp³-hybridized carbons (Fsp3) is 0.406. The van der Waals surface area contributed by atoms with Gasteiger partial charge in [0.15, 0.2) is 11.6 Å². The molecule has 41 heavy (non-hydrogen) atoms. The maximum atomic E-state index is 13.8. The van der Waals surface area contributed by atoms with E-state index in [-0.39, 0.29) is 48.5 Å². The number of carbonyl (C=O) groups excluding carboxylic acids is 4. The third-order valence-corrected chi connectivity index (χ3v) is 9.08. The largest absolute Gasteiger partial charge is 0.508 e. The number of unbranched alkanes of at least 4 members (excludes halogenated alkanes) is 2. The van der Waals surface area contributed by atoms with E-state index in [2.05, 4.69) is 0 Å². The van der Waals surface area contributed by atoms with Crippen molar-refractivity contribution in [3.8, 4) is 11.5 Å². The van der Waals surface area contributed by atoms with Crippen molar-refractivity contribution in [2.24, 2.45) is 23.7 Å². The van der Waals surface area contributed by atoms with Crippen molar-refractivity contribution in [3.63, 3.8) is 0 Å². The van der Waals surface area contributed by atoms with Crippen LogP contribution in [-0.4, -0.2) is 51.0 Å². The number of benzene rings is 1. The molecule has 1 aromatic carbocycles. The van der Waals surface area contributed by atoms with Gasteiger partial charge in [0.25, 0.3) is 0 Å². The van der Waals surface area contributed by atoms with Gasteiger partial charge in [0.2, 0.25) is 11.8 Å². The molecule has 9 heteroatoms. The molecule has 9 nitrogen and oxygen atoms in total. The van der Waals surface area contributed by atoms with Gasteiger partial charge in [-0.3, -0.25) is 28.9 Å². The summed E-state index contributed by atoms with van der Waals surface area (Å²) in [4.78, 5) is 66.1. The Bertz CT molecular complexity index is 1530. The number of ketones is 2. The van der Waals surface area contributed by atoms with Crippen molar-refractivity contribution in [1.29, 1.82) is 0 Å². The Labute approximate surface area is 236 Å². The monoisotopic (exact) mass is 557 g/mol. The van der Waals surface area contributed by atoms with E-state index in [0.29, 0.717) is 54.6 Å². The van der Waals surface area contributed by atoms with E-state index < -0.39 is 29.6 Å². The predicted octanol–water partition coefficient (Wildman–Crippen LogP) is 3.82. The normalized spacial score (nSPS) is 26.9. The molecular formula is C32H31NO8. The van der Waals surface area contributed by atoms with E-state index in [9.17, 15) is 29.1 Å². The summed E-state index contributed by atoms with van der Waals surface area (Å²) in [6.45, 7) is 1.87. The number of phenols is 1. The van der Waals surface area contributed by atoms with E-state index >= 15 is 0 Å². The van der Waals surface area contributed by atoms with Gasteiger partial charge in [-0.25, -0.2) is 0 Å². The average Bonchev–Trinajstić information content (AvgIpc) is 3.19. The summed E-state index contributed by atoms with van der Waals surface area (Å²) in [5, 5.41) is 18.9. The number of hydrogen-bond donors (Lipinski definition) is 2. The average molecular weight is 558 g/mol. The number of Topliss-reactive ketones (excluding diaryl/α,β-unsaturated/α-hetero) is 1. The van der Waals surface area contributed by atoms with Gasteiger partial charge in [-0.1, -0.05) is 18.1 Å². The molecular weight excluding hydrogens is 526 g/mol. The van der Waals surface area contributed by atoms with Gasteiger partial charge >= 0.3 is 5.97 Å². The van der Waals surface area contributed by atoms with Crippen LogP contribution in [0, 0.1) is 23.7 Å². The molecule has 1 saturated heterocycles. The molecule has 0 saturated carbocycles. The second kappa shape index (κ2) is 10.3. The summed E-state index contributed by atoms with van der Waals surface area (Å²) in [6.07, 6.45) is 7.56. The number of phenolic OH excluding ortho intramolecular Hbond substituents is 1. The van der Waals surface area contributed by atoms with E-state index in [4.69, 9.17) is 9.84 Å². The number of carbonyl (C=O) groups is 5. The number of ether oxygens (including phenoxy) is 1. The van der Waals surface area contributed by atoms with Crippen LogP contribution in [0.3, 0.4) is 0 Å². The Morgan fingerprint density at radius 2 is 1.88 bits per heavy atom. The first-order chi connectivity index (χ1) is 19.7. The van der Waals surface area contributed by atoms with Gasteiger partial charge in [0.05, 0.1) is 18.1 Å². The Morgan fingerprint density at radius 1 is 1.07 bits per heavy atom. The molecule has 2 heterocycles. The molecule has 4 atom stereocenters. The topological polar surface area (TPSA) is 138 Å². The lowest BCUT2D eigenvalue weighted by Crippen LogP contribution is -2.41. The number of rotatable bonds is 7. The number of aromatic hydroxyl groups is 1. The zero-order chi connectivity index (χ0) is 29.0. The molecule has 1 aromatic rings. The molecule has 5 aliphatic rings. The van der Waals surface area contributed by atoms with Crippen LogP contribution in [0.2, 0.25) is 0 Å². The standard InChI is InChI=1S/C32H31NO8/c1-16-11-24(35)23-14-22-20(7-8-21-28(22)32(40)33(31(21)39)10-4-2-3-5-26(36)37)27(29(23)30(16)38)18-12-17-13-19(34)6-9-25(17)41-15-18/h6-7,9,11,13,15,21-22,27-28,34H,2-5,8,10,12,14H2,1H3,(H,36,37). The highest BCUT2D eigenvalue weighted by atomic mass is 16.5. The summed E-state index contributed by atoms with van der Waals surface area (Å²) >= 11 is 0. The van der Waals surface area contributed by atoms with Crippen molar-refractivity contribution in [2.75, 3.05) is 6.54 Å². The minimum Gasteiger partial charge on any atom is -0.508 e. The zero-order valence-corrected chi connectivity index (χ0v) is 22.7. The van der Waals surface area contributed by atoms with Crippen molar-refractivity contribution in [2.45, 2.75) is 51.9 Å². The first-order valence-corrected chi connectivity index (χ1v) is 14.1. The number of carboxylic acids is 1. The molecule has 6 rings (SSSR count). The second-order valence-corrected chi connectivity index (χ2v) is 11.5. The van der Waals surface area contributed by atoms with Crippen LogP contribution >= 0.6 is 0 Å². The number of hydrogen-bond acceptors (Lipinski definition) is 7. The molecule has 3 aliphatic carbocycles. The molecule has 1 fully saturated rings. The first kappa shape index (κ1) is 26.9. The maximum Gasteiger partial charge on any atom is 0.303 e. The van der Waals surface area contributed by atoms with Gasteiger partial charge in [-0.05, 0) is 68.4 Å². The summed E-state index contributed by atoms with van der Waals surface area (Å²) in [6, 6.07) is 4.84. The Kier molecular flexibility index (Phi) is 6.76. The van der Waals surface area contributed by atoms with Crippen molar-refractivity contribution in [3.05, 3.63) is 70.0 Å².